The molecule has 0 aliphatic rings. The van der Waals surface area contributed by atoms with Crippen LogP contribution in [0.2, 0.25) is 0 Å². The summed E-state index contributed by atoms with van der Waals surface area (Å²) in [5.74, 6) is 0.849. The highest BCUT2D eigenvalue weighted by Gasteiger charge is 2.03. The van der Waals surface area contributed by atoms with Gasteiger partial charge in [0.05, 0.1) is 6.54 Å². The van der Waals surface area contributed by atoms with E-state index in [0.717, 1.165) is 22.7 Å². The fourth-order valence-electron chi connectivity index (χ4n) is 2.31. The smallest absolute Gasteiger partial charge is 0.319 e. The molecule has 0 aliphatic carbocycles. The molecule has 24 heavy (non-hydrogen) atoms. The van der Waals surface area contributed by atoms with Crippen LogP contribution in [0.15, 0.2) is 42.5 Å². The number of hydrogen-bond donors (Lipinski definition) is 2. The zero-order valence-corrected chi connectivity index (χ0v) is 14.7. The van der Waals surface area contributed by atoms with Crippen LogP contribution in [0.5, 0.6) is 5.75 Å². The molecule has 0 fully saturated rings. The monoisotopic (exact) mass is 327 g/mol. The summed E-state index contributed by atoms with van der Waals surface area (Å²) in [6.07, 6.45) is 0. The molecule has 2 aromatic carbocycles. The van der Waals surface area contributed by atoms with Gasteiger partial charge in [-0.1, -0.05) is 17.7 Å². The zero-order valence-electron chi connectivity index (χ0n) is 14.7. The largest absolute Gasteiger partial charge is 0.491 e. The standard InChI is InChI=1S/C19H25N3O2/c1-14-5-10-18(15(2)13-14)24-12-11-20-19(23)21-16-6-8-17(9-7-16)22(3)4/h5-10,13H,11-12H2,1-4H3,(H2,20,21,23). The number of ether oxygens (including phenoxy) is 1. The predicted octanol–water partition coefficient (Wildman–Crippen LogP) is 3.57. The number of carbonyl (C=O) groups is 1. The van der Waals surface area contributed by atoms with Crippen molar-refractivity contribution < 1.29 is 9.53 Å². The number of aryl methyl sites for hydroxylation is 2. The number of rotatable bonds is 6. The number of amides is 2. The van der Waals surface area contributed by atoms with Gasteiger partial charge in [0.2, 0.25) is 0 Å². The molecular formula is C19H25N3O2. The van der Waals surface area contributed by atoms with Crippen LogP contribution in [0.3, 0.4) is 0 Å². The molecule has 2 aromatic rings. The maximum Gasteiger partial charge on any atom is 0.319 e. The van der Waals surface area contributed by atoms with E-state index in [-0.39, 0.29) is 6.03 Å². The van der Waals surface area contributed by atoms with Gasteiger partial charge in [0.1, 0.15) is 12.4 Å². The van der Waals surface area contributed by atoms with Crippen molar-refractivity contribution in [1.29, 1.82) is 0 Å². The lowest BCUT2D eigenvalue weighted by Crippen LogP contribution is -2.32. The van der Waals surface area contributed by atoms with Crippen LogP contribution < -0.4 is 20.3 Å². The minimum absolute atomic E-state index is 0.239. The van der Waals surface area contributed by atoms with E-state index in [1.54, 1.807) is 0 Å². The SMILES string of the molecule is Cc1ccc(OCCNC(=O)Nc2ccc(N(C)C)cc2)c(C)c1. The van der Waals surface area contributed by atoms with E-state index in [0.29, 0.717) is 13.2 Å². The Morgan fingerprint density at radius 2 is 1.79 bits per heavy atom. The minimum Gasteiger partial charge on any atom is -0.491 e. The first kappa shape index (κ1) is 17.7. The number of carbonyl (C=O) groups excluding carboxylic acids is 1. The Hall–Kier alpha value is -2.69. The van der Waals surface area contributed by atoms with Crippen LogP contribution in [0.25, 0.3) is 0 Å². The van der Waals surface area contributed by atoms with Crippen molar-refractivity contribution in [3.63, 3.8) is 0 Å². The molecule has 0 saturated heterocycles. The molecule has 0 aliphatic heterocycles. The number of benzene rings is 2. The van der Waals surface area contributed by atoms with E-state index in [1.807, 2.05) is 69.2 Å². The first-order chi connectivity index (χ1) is 11.5. The number of urea groups is 1. The summed E-state index contributed by atoms with van der Waals surface area (Å²) in [5.41, 5.74) is 4.15. The lowest BCUT2D eigenvalue weighted by molar-refractivity contribution is 0.247. The van der Waals surface area contributed by atoms with Crippen LogP contribution in [-0.2, 0) is 0 Å². The van der Waals surface area contributed by atoms with Gasteiger partial charge in [-0.2, -0.15) is 0 Å². The maximum absolute atomic E-state index is 11.9. The van der Waals surface area contributed by atoms with E-state index in [2.05, 4.69) is 16.7 Å². The summed E-state index contributed by atoms with van der Waals surface area (Å²) in [4.78, 5) is 13.9. The lowest BCUT2D eigenvalue weighted by atomic mass is 10.1. The van der Waals surface area contributed by atoms with Crippen LogP contribution in [0.4, 0.5) is 16.2 Å². The van der Waals surface area contributed by atoms with E-state index in [4.69, 9.17) is 4.74 Å². The Morgan fingerprint density at radius 3 is 2.42 bits per heavy atom. The molecule has 0 heterocycles. The van der Waals surface area contributed by atoms with Gasteiger partial charge in [-0.15, -0.1) is 0 Å². The molecule has 2 rings (SSSR count). The van der Waals surface area contributed by atoms with Crippen LogP contribution in [-0.4, -0.2) is 33.3 Å². The summed E-state index contributed by atoms with van der Waals surface area (Å²) >= 11 is 0. The molecule has 0 radical (unpaired) electrons. The van der Waals surface area contributed by atoms with E-state index < -0.39 is 0 Å². The molecule has 0 bridgehead atoms. The number of nitrogens with one attached hydrogen (secondary N) is 2. The van der Waals surface area contributed by atoms with Gasteiger partial charge < -0.3 is 20.3 Å². The molecule has 0 saturated carbocycles. The lowest BCUT2D eigenvalue weighted by Gasteiger charge is -2.13. The molecule has 0 atom stereocenters. The molecule has 5 heteroatoms. The van der Waals surface area contributed by atoms with E-state index in [9.17, 15) is 4.79 Å². The first-order valence-corrected chi connectivity index (χ1v) is 7.98. The Kier molecular flexibility index (Phi) is 6.07. The van der Waals surface area contributed by atoms with Crippen molar-refractivity contribution in [3.8, 4) is 5.75 Å². The summed E-state index contributed by atoms with van der Waals surface area (Å²) in [6.45, 7) is 4.93. The van der Waals surface area contributed by atoms with Crippen molar-refractivity contribution in [2.45, 2.75) is 13.8 Å². The maximum atomic E-state index is 11.9. The minimum atomic E-state index is -0.239. The zero-order chi connectivity index (χ0) is 17.5. The summed E-state index contributed by atoms with van der Waals surface area (Å²) in [7, 11) is 3.95. The second-order valence-corrected chi connectivity index (χ2v) is 5.94. The van der Waals surface area contributed by atoms with E-state index in [1.165, 1.54) is 5.56 Å². The normalized spacial score (nSPS) is 10.2. The third-order valence-corrected chi connectivity index (χ3v) is 3.62. The summed E-state index contributed by atoms with van der Waals surface area (Å²) in [6, 6.07) is 13.5. The van der Waals surface area contributed by atoms with Gasteiger partial charge in [-0.25, -0.2) is 4.79 Å². The second kappa shape index (κ2) is 8.24. The second-order valence-electron chi connectivity index (χ2n) is 5.94. The molecule has 5 nitrogen and oxygen atoms in total. The van der Waals surface area contributed by atoms with Gasteiger partial charge in [0.25, 0.3) is 0 Å². The third-order valence-electron chi connectivity index (χ3n) is 3.62. The van der Waals surface area contributed by atoms with Gasteiger partial charge in [0, 0.05) is 25.5 Å². The first-order valence-electron chi connectivity index (χ1n) is 7.98. The average Bonchev–Trinajstić information content (AvgIpc) is 2.53. The molecule has 0 aromatic heterocycles. The summed E-state index contributed by atoms with van der Waals surface area (Å²) < 4.78 is 5.69. The predicted molar refractivity (Wildman–Crippen MR) is 99.2 cm³/mol. The van der Waals surface area contributed by atoms with Gasteiger partial charge >= 0.3 is 6.03 Å². The molecule has 2 N–H and O–H groups in total. The Labute approximate surface area is 143 Å². The number of hydrogen-bond acceptors (Lipinski definition) is 3. The van der Waals surface area contributed by atoms with Crippen LogP contribution >= 0.6 is 0 Å². The average molecular weight is 327 g/mol. The van der Waals surface area contributed by atoms with Gasteiger partial charge in [0.15, 0.2) is 0 Å². The molecule has 2 amide bonds. The van der Waals surface area contributed by atoms with Crippen LogP contribution in [0.1, 0.15) is 11.1 Å². The third kappa shape index (κ3) is 5.19. The number of nitrogens with zero attached hydrogens (tertiary/aromatic N) is 1. The van der Waals surface area contributed by atoms with Crippen LogP contribution in [0, 0.1) is 13.8 Å². The topological polar surface area (TPSA) is 53.6 Å². The van der Waals surface area contributed by atoms with Crippen molar-refractivity contribution in [3.05, 3.63) is 53.6 Å². The summed E-state index contributed by atoms with van der Waals surface area (Å²) in [5, 5.41) is 5.59. The van der Waals surface area contributed by atoms with Crippen molar-refractivity contribution >= 4 is 17.4 Å². The highest BCUT2D eigenvalue weighted by molar-refractivity contribution is 5.89. The number of anilines is 2. The van der Waals surface area contributed by atoms with Gasteiger partial charge in [-0.3, -0.25) is 0 Å². The van der Waals surface area contributed by atoms with Crippen molar-refractivity contribution in [2.75, 3.05) is 37.5 Å². The van der Waals surface area contributed by atoms with Crippen molar-refractivity contribution in [1.82, 2.24) is 5.32 Å². The Balaban J connectivity index is 1.73. The molecule has 128 valence electrons. The molecular weight excluding hydrogens is 302 g/mol. The fraction of sp³-hybridized carbons (Fsp3) is 0.316. The fourth-order valence-corrected chi connectivity index (χ4v) is 2.31. The van der Waals surface area contributed by atoms with E-state index >= 15 is 0 Å². The highest BCUT2D eigenvalue weighted by Crippen LogP contribution is 2.18. The Morgan fingerprint density at radius 1 is 1.08 bits per heavy atom. The molecule has 0 spiro atoms. The Bertz CT molecular complexity index is 682. The quantitative estimate of drug-likeness (QED) is 0.798. The van der Waals surface area contributed by atoms with Crippen molar-refractivity contribution in [2.24, 2.45) is 0 Å². The van der Waals surface area contributed by atoms with Gasteiger partial charge in [-0.05, 0) is 49.7 Å². The highest BCUT2D eigenvalue weighted by atomic mass is 16.5. The molecule has 0 unspecified atom stereocenters.